The SMILES string of the molecule is [N-]=[N+]=Nc1cc(F)ccc1[N+](=O)[O-]. The van der Waals surface area contributed by atoms with Gasteiger partial charge in [-0.25, -0.2) is 4.39 Å². The monoisotopic (exact) mass is 182 g/mol. The van der Waals surface area contributed by atoms with E-state index >= 15 is 0 Å². The molecule has 0 unspecified atom stereocenters. The molecule has 1 aromatic carbocycles. The molecule has 0 fully saturated rings. The van der Waals surface area contributed by atoms with E-state index in [-0.39, 0.29) is 5.69 Å². The fraction of sp³-hybridized carbons (Fsp3) is 0. The second-order valence-corrected chi connectivity index (χ2v) is 2.08. The first-order valence-corrected chi connectivity index (χ1v) is 3.14. The third kappa shape index (κ3) is 1.91. The van der Waals surface area contributed by atoms with Crippen molar-refractivity contribution in [1.29, 1.82) is 0 Å². The molecular weight excluding hydrogens is 179 g/mol. The largest absolute Gasteiger partial charge is 0.279 e. The van der Waals surface area contributed by atoms with Gasteiger partial charge in [-0.15, -0.1) is 0 Å². The Labute approximate surface area is 71.4 Å². The van der Waals surface area contributed by atoms with Crippen LogP contribution in [0.2, 0.25) is 0 Å². The van der Waals surface area contributed by atoms with Crippen LogP contribution < -0.4 is 0 Å². The van der Waals surface area contributed by atoms with Gasteiger partial charge in [-0.3, -0.25) is 10.1 Å². The molecule has 0 aliphatic rings. The highest BCUT2D eigenvalue weighted by Crippen LogP contribution is 2.27. The molecule has 0 radical (unpaired) electrons. The summed E-state index contributed by atoms with van der Waals surface area (Å²) in [5.41, 5.74) is 7.29. The Morgan fingerprint density at radius 2 is 2.31 bits per heavy atom. The van der Waals surface area contributed by atoms with Crippen LogP contribution in [-0.4, -0.2) is 4.92 Å². The Hall–Kier alpha value is -2.14. The normalized spacial score (nSPS) is 9.00. The second-order valence-electron chi connectivity index (χ2n) is 2.08. The summed E-state index contributed by atoms with van der Waals surface area (Å²) < 4.78 is 12.5. The van der Waals surface area contributed by atoms with Gasteiger partial charge < -0.3 is 0 Å². The minimum Gasteiger partial charge on any atom is -0.258 e. The first-order valence-electron chi connectivity index (χ1n) is 3.14. The van der Waals surface area contributed by atoms with E-state index < -0.39 is 16.4 Å². The van der Waals surface area contributed by atoms with Gasteiger partial charge in [0.1, 0.15) is 11.5 Å². The Balaban J connectivity index is 3.34. The van der Waals surface area contributed by atoms with Gasteiger partial charge in [-0.2, -0.15) is 0 Å². The van der Waals surface area contributed by atoms with Crippen LogP contribution in [0.25, 0.3) is 10.4 Å². The van der Waals surface area contributed by atoms with Gasteiger partial charge in [0, 0.05) is 11.0 Å². The van der Waals surface area contributed by atoms with E-state index in [4.69, 9.17) is 5.53 Å². The number of nitro benzene ring substituents is 1. The van der Waals surface area contributed by atoms with Crippen LogP contribution in [0.3, 0.4) is 0 Å². The molecule has 0 bridgehead atoms. The maximum absolute atomic E-state index is 12.5. The van der Waals surface area contributed by atoms with Crippen LogP contribution >= 0.6 is 0 Å². The molecule has 1 aromatic rings. The van der Waals surface area contributed by atoms with Crippen molar-refractivity contribution in [3.05, 3.63) is 44.6 Å². The average Bonchev–Trinajstić information content (AvgIpc) is 2.04. The third-order valence-electron chi connectivity index (χ3n) is 1.29. The lowest BCUT2D eigenvalue weighted by molar-refractivity contribution is -0.384. The number of hydrogen-bond acceptors (Lipinski definition) is 3. The van der Waals surface area contributed by atoms with Crippen LogP contribution in [0.4, 0.5) is 15.8 Å². The van der Waals surface area contributed by atoms with Gasteiger partial charge in [-0.05, 0) is 17.7 Å². The van der Waals surface area contributed by atoms with Crippen LogP contribution in [0.5, 0.6) is 0 Å². The third-order valence-corrected chi connectivity index (χ3v) is 1.29. The molecule has 7 heteroatoms. The molecule has 0 amide bonds. The molecule has 0 heterocycles. The van der Waals surface area contributed by atoms with Gasteiger partial charge in [0.25, 0.3) is 5.69 Å². The van der Waals surface area contributed by atoms with E-state index in [0.717, 1.165) is 18.2 Å². The van der Waals surface area contributed by atoms with Crippen molar-refractivity contribution in [2.45, 2.75) is 0 Å². The lowest BCUT2D eigenvalue weighted by Gasteiger charge is -1.94. The summed E-state index contributed by atoms with van der Waals surface area (Å²) >= 11 is 0. The molecule has 0 aliphatic heterocycles. The minimum absolute atomic E-state index is 0.326. The zero-order valence-electron chi connectivity index (χ0n) is 6.22. The molecule has 0 aromatic heterocycles. The highest BCUT2D eigenvalue weighted by atomic mass is 19.1. The number of nitro groups is 1. The molecule has 0 spiro atoms. The fourth-order valence-corrected chi connectivity index (χ4v) is 0.779. The Bertz CT molecular complexity index is 400. The molecule has 0 aliphatic carbocycles. The maximum atomic E-state index is 12.5. The minimum atomic E-state index is -0.747. The van der Waals surface area contributed by atoms with Crippen molar-refractivity contribution in [2.24, 2.45) is 5.11 Å². The van der Waals surface area contributed by atoms with Gasteiger partial charge in [-0.1, -0.05) is 5.11 Å². The standard InChI is InChI=1S/C6H3FN4O2/c7-4-1-2-6(11(12)13)5(3-4)9-10-8/h1-3H. The molecule has 0 N–H and O–H groups in total. The summed E-state index contributed by atoms with van der Waals surface area (Å²) in [5.74, 6) is -0.687. The van der Waals surface area contributed by atoms with Crippen molar-refractivity contribution < 1.29 is 9.31 Å². The molecular formula is C6H3FN4O2. The van der Waals surface area contributed by atoms with Gasteiger partial charge in [0.05, 0.1) is 4.92 Å². The van der Waals surface area contributed by atoms with Crippen molar-refractivity contribution in [3.63, 3.8) is 0 Å². The van der Waals surface area contributed by atoms with Crippen molar-refractivity contribution in [3.8, 4) is 0 Å². The first-order chi connectivity index (χ1) is 6.15. The molecule has 66 valence electrons. The molecule has 0 atom stereocenters. The summed E-state index contributed by atoms with van der Waals surface area (Å²) in [4.78, 5) is 11.9. The van der Waals surface area contributed by atoms with E-state index in [1.807, 2.05) is 0 Å². The van der Waals surface area contributed by atoms with Gasteiger partial charge in [0.15, 0.2) is 0 Å². The van der Waals surface area contributed by atoms with E-state index in [9.17, 15) is 14.5 Å². The van der Waals surface area contributed by atoms with Gasteiger partial charge >= 0.3 is 0 Å². The van der Waals surface area contributed by atoms with Crippen LogP contribution in [0.1, 0.15) is 0 Å². The average molecular weight is 182 g/mol. The van der Waals surface area contributed by atoms with Crippen LogP contribution in [0, 0.1) is 15.9 Å². The smallest absolute Gasteiger partial charge is 0.258 e. The summed E-state index contributed by atoms with van der Waals surface area (Å²) in [6.45, 7) is 0. The van der Waals surface area contributed by atoms with Crippen molar-refractivity contribution in [1.82, 2.24) is 0 Å². The summed E-state index contributed by atoms with van der Waals surface area (Å²) in [6.07, 6.45) is 0. The quantitative estimate of drug-likeness (QED) is 0.231. The number of nitrogens with zero attached hydrogens (tertiary/aromatic N) is 4. The number of hydrogen-bond donors (Lipinski definition) is 0. The predicted molar refractivity (Wildman–Crippen MR) is 41.9 cm³/mol. The summed E-state index contributed by atoms with van der Waals surface area (Å²) in [6, 6.07) is 2.67. The molecule has 0 saturated heterocycles. The Kier molecular flexibility index (Phi) is 2.41. The Morgan fingerprint density at radius 1 is 1.62 bits per heavy atom. The van der Waals surface area contributed by atoms with E-state index in [1.54, 1.807) is 0 Å². The Morgan fingerprint density at radius 3 is 2.85 bits per heavy atom. The lowest BCUT2D eigenvalue weighted by Crippen LogP contribution is -1.88. The highest BCUT2D eigenvalue weighted by molar-refractivity contribution is 5.56. The molecule has 6 nitrogen and oxygen atoms in total. The maximum Gasteiger partial charge on any atom is 0.279 e. The lowest BCUT2D eigenvalue weighted by atomic mass is 10.3. The summed E-state index contributed by atoms with van der Waals surface area (Å²) in [5, 5.41) is 13.3. The zero-order chi connectivity index (χ0) is 9.84. The van der Waals surface area contributed by atoms with Crippen molar-refractivity contribution >= 4 is 11.4 Å². The molecule has 13 heavy (non-hydrogen) atoms. The molecule has 0 saturated carbocycles. The number of benzene rings is 1. The zero-order valence-corrected chi connectivity index (χ0v) is 6.22. The fourth-order valence-electron chi connectivity index (χ4n) is 0.779. The predicted octanol–water partition coefficient (Wildman–Crippen LogP) is 2.68. The highest BCUT2D eigenvalue weighted by Gasteiger charge is 2.12. The first kappa shape index (κ1) is 8.95. The second kappa shape index (κ2) is 3.51. The van der Waals surface area contributed by atoms with Crippen molar-refractivity contribution in [2.75, 3.05) is 0 Å². The molecule has 1 rings (SSSR count). The van der Waals surface area contributed by atoms with E-state index in [0.29, 0.717) is 0 Å². The van der Waals surface area contributed by atoms with Gasteiger partial charge in [0.2, 0.25) is 0 Å². The van der Waals surface area contributed by atoms with E-state index in [2.05, 4.69) is 10.0 Å². The number of halogens is 1. The van der Waals surface area contributed by atoms with E-state index in [1.165, 1.54) is 0 Å². The number of rotatable bonds is 2. The summed E-state index contributed by atoms with van der Waals surface area (Å²) in [7, 11) is 0. The topological polar surface area (TPSA) is 91.9 Å². The number of azide groups is 1. The van der Waals surface area contributed by atoms with Crippen LogP contribution in [0.15, 0.2) is 23.3 Å². The van der Waals surface area contributed by atoms with Crippen LogP contribution in [-0.2, 0) is 0 Å².